The van der Waals surface area contributed by atoms with E-state index in [9.17, 15) is 10.2 Å². The van der Waals surface area contributed by atoms with Crippen LogP contribution in [0.25, 0.3) is 11.2 Å². The van der Waals surface area contributed by atoms with Crippen LogP contribution in [0.15, 0.2) is 12.7 Å². The molecule has 11 heteroatoms. The molecule has 1 fully saturated rings. The van der Waals surface area contributed by atoms with Crippen LogP contribution in [0, 0.1) is 0 Å². The number of nitrogens with one attached hydrogen (secondary N) is 1. The lowest BCUT2D eigenvalue weighted by Gasteiger charge is -2.16. The number of thioether (sulfide) groups is 1. The fourth-order valence-electron chi connectivity index (χ4n) is 2.67. The molecule has 2 aromatic rings. The maximum atomic E-state index is 10.3. The fourth-order valence-corrected chi connectivity index (χ4v) is 3.51. The monoisotopic (exact) mass is 356 g/mol. The molecule has 4 atom stereocenters. The van der Waals surface area contributed by atoms with E-state index < -0.39 is 24.5 Å². The minimum atomic E-state index is -1.09. The Morgan fingerprint density at radius 1 is 1.25 bits per heavy atom. The molecule has 6 N–H and O–H groups in total. The Bertz CT molecular complexity index is 686. The lowest BCUT2D eigenvalue weighted by atomic mass is 10.1. The molecule has 2 aromatic heterocycles. The zero-order valence-corrected chi connectivity index (χ0v) is 13.6. The highest BCUT2D eigenvalue weighted by Gasteiger charge is 2.43. The second kappa shape index (κ2) is 7.59. The number of imidazole rings is 1. The Morgan fingerprint density at radius 2 is 2.08 bits per heavy atom. The molecule has 3 rings (SSSR count). The third-order valence-corrected chi connectivity index (χ3v) is 4.92. The Hall–Kier alpha value is -1.50. The molecule has 24 heavy (non-hydrogen) atoms. The number of nitrogens with two attached hydrogens (primary N) is 1. The number of nitrogens with zero attached hydrogens (tertiary/aromatic N) is 4. The van der Waals surface area contributed by atoms with Crippen molar-refractivity contribution >= 4 is 28.7 Å². The van der Waals surface area contributed by atoms with Crippen molar-refractivity contribution < 1.29 is 20.2 Å². The standard InChI is InChI=1S/C13H20N6O4S/c14-11-8-12(16-5-15-11)19(6-17-8)13-10(21)9(20)7(23-13)1-3-24-4-2-18-22/h5-7,9-10,13,18,20-22H,1-4H2,(H2,14,15,16)/t7-,9-,10-,13-/m1/s1. The van der Waals surface area contributed by atoms with E-state index in [1.54, 1.807) is 16.3 Å². The van der Waals surface area contributed by atoms with E-state index >= 15 is 0 Å². The number of anilines is 1. The number of rotatable bonds is 7. The number of aliphatic hydroxyl groups is 2. The second-order valence-electron chi connectivity index (χ2n) is 5.44. The van der Waals surface area contributed by atoms with Crippen molar-refractivity contribution in [1.82, 2.24) is 25.0 Å². The molecule has 0 spiro atoms. The van der Waals surface area contributed by atoms with Crippen molar-refractivity contribution in [3.05, 3.63) is 12.7 Å². The lowest BCUT2D eigenvalue weighted by molar-refractivity contribution is -0.0352. The summed E-state index contributed by atoms with van der Waals surface area (Å²) >= 11 is 1.62. The first kappa shape index (κ1) is 17.3. The van der Waals surface area contributed by atoms with Gasteiger partial charge < -0.3 is 25.9 Å². The first-order valence-corrected chi connectivity index (χ1v) is 8.68. The smallest absolute Gasteiger partial charge is 0.167 e. The molecule has 0 bridgehead atoms. The van der Waals surface area contributed by atoms with Crippen LogP contribution in [0.5, 0.6) is 0 Å². The molecule has 0 unspecified atom stereocenters. The largest absolute Gasteiger partial charge is 0.388 e. The van der Waals surface area contributed by atoms with E-state index in [0.29, 0.717) is 24.1 Å². The van der Waals surface area contributed by atoms with Crippen LogP contribution < -0.4 is 11.2 Å². The van der Waals surface area contributed by atoms with Gasteiger partial charge in [0.15, 0.2) is 17.7 Å². The molecule has 0 saturated carbocycles. The van der Waals surface area contributed by atoms with Crippen molar-refractivity contribution in [3.63, 3.8) is 0 Å². The fraction of sp³-hybridized carbons (Fsp3) is 0.615. The van der Waals surface area contributed by atoms with Gasteiger partial charge >= 0.3 is 0 Å². The van der Waals surface area contributed by atoms with Crippen LogP contribution in [0.1, 0.15) is 12.6 Å². The van der Waals surface area contributed by atoms with Gasteiger partial charge in [0.2, 0.25) is 0 Å². The van der Waals surface area contributed by atoms with Gasteiger partial charge in [-0.2, -0.15) is 11.8 Å². The Morgan fingerprint density at radius 3 is 2.88 bits per heavy atom. The van der Waals surface area contributed by atoms with Gasteiger partial charge in [0.25, 0.3) is 0 Å². The zero-order chi connectivity index (χ0) is 17.1. The van der Waals surface area contributed by atoms with Crippen LogP contribution in [-0.4, -0.2) is 71.3 Å². The molecular weight excluding hydrogens is 336 g/mol. The summed E-state index contributed by atoms with van der Waals surface area (Å²) in [5.41, 5.74) is 8.72. The molecule has 0 amide bonds. The summed E-state index contributed by atoms with van der Waals surface area (Å²) in [6.45, 7) is 0.492. The predicted molar refractivity (Wildman–Crippen MR) is 87.4 cm³/mol. The number of ether oxygens (including phenoxy) is 1. The van der Waals surface area contributed by atoms with Crippen molar-refractivity contribution in [2.45, 2.75) is 31.0 Å². The third-order valence-electron chi connectivity index (χ3n) is 3.90. The number of nitrogen functional groups attached to an aromatic ring is 1. The number of hydrogen-bond donors (Lipinski definition) is 5. The van der Waals surface area contributed by atoms with E-state index in [0.717, 1.165) is 11.5 Å². The van der Waals surface area contributed by atoms with Crippen LogP contribution in [0.4, 0.5) is 5.82 Å². The minimum absolute atomic E-state index is 0.247. The zero-order valence-electron chi connectivity index (χ0n) is 12.8. The normalized spacial score (nSPS) is 27.1. The molecule has 0 aromatic carbocycles. The first-order chi connectivity index (χ1) is 11.6. The van der Waals surface area contributed by atoms with Gasteiger partial charge in [-0.25, -0.2) is 20.4 Å². The molecule has 1 aliphatic rings. The average molecular weight is 356 g/mol. The molecule has 0 radical (unpaired) electrons. The topological polar surface area (TPSA) is 152 Å². The first-order valence-electron chi connectivity index (χ1n) is 7.52. The number of fused-ring (bicyclic) bond motifs is 1. The molecular formula is C13H20N6O4S. The summed E-state index contributed by atoms with van der Waals surface area (Å²) in [7, 11) is 0. The van der Waals surface area contributed by atoms with E-state index in [1.165, 1.54) is 12.7 Å². The maximum absolute atomic E-state index is 10.3. The Kier molecular flexibility index (Phi) is 5.48. The number of aliphatic hydroxyl groups excluding tert-OH is 2. The highest BCUT2D eigenvalue weighted by Crippen LogP contribution is 2.33. The van der Waals surface area contributed by atoms with Gasteiger partial charge in [0.05, 0.1) is 12.4 Å². The molecule has 1 saturated heterocycles. The summed E-state index contributed by atoms with van der Waals surface area (Å²) in [4.78, 5) is 12.2. The van der Waals surface area contributed by atoms with Crippen LogP contribution in [-0.2, 0) is 4.74 Å². The average Bonchev–Trinajstić information content (AvgIpc) is 3.12. The van der Waals surface area contributed by atoms with E-state index in [-0.39, 0.29) is 5.82 Å². The van der Waals surface area contributed by atoms with Gasteiger partial charge in [-0.3, -0.25) is 4.57 Å². The van der Waals surface area contributed by atoms with Crippen LogP contribution in [0.2, 0.25) is 0 Å². The summed E-state index contributed by atoms with van der Waals surface area (Å²) in [5, 5.41) is 29.1. The molecule has 10 nitrogen and oxygen atoms in total. The molecule has 3 heterocycles. The number of hydroxylamine groups is 1. The van der Waals surface area contributed by atoms with Gasteiger partial charge in [0, 0.05) is 12.3 Å². The van der Waals surface area contributed by atoms with Gasteiger partial charge in [0.1, 0.15) is 24.1 Å². The highest BCUT2D eigenvalue weighted by atomic mass is 32.2. The summed E-state index contributed by atoms with van der Waals surface area (Å²) in [6, 6.07) is 0. The van der Waals surface area contributed by atoms with Crippen molar-refractivity contribution in [3.8, 4) is 0 Å². The van der Waals surface area contributed by atoms with E-state index in [1.807, 2.05) is 0 Å². The Labute approximate surface area is 142 Å². The van der Waals surface area contributed by atoms with Gasteiger partial charge in [-0.05, 0) is 12.2 Å². The molecule has 1 aliphatic heterocycles. The van der Waals surface area contributed by atoms with Crippen LogP contribution >= 0.6 is 11.8 Å². The van der Waals surface area contributed by atoms with Crippen molar-refractivity contribution in [2.75, 3.05) is 23.8 Å². The maximum Gasteiger partial charge on any atom is 0.167 e. The van der Waals surface area contributed by atoms with Crippen molar-refractivity contribution in [1.29, 1.82) is 0 Å². The quantitative estimate of drug-likeness (QED) is 0.313. The summed E-state index contributed by atoms with van der Waals surface area (Å²) in [5.74, 6) is 1.73. The van der Waals surface area contributed by atoms with Crippen molar-refractivity contribution in [2.24, 2.45) is 0 Å². The third kappa shape index (κ3) is 3.31. The predicted octanol–water partition coefficient (Wildman–Crippen LogP) is -0.870. The highest BCUT2D eigenvalue weighted by molar-refractivity contribution is 7.99. The number of aromatic nitrogens is 4. The Balaban J connectivity index is 1.69. The summed E-state index contributed by atoms with van der Waals surface area (Å²) < 4.78 is 7.39. The SMILES string of the molecule is Nc1ncnc2c1ncn2[C@@H]1O[C@H](CCSCCNO)[C@@H](O)[C@H]1O. The molecule has 132 valence electrons. The van der Waals surface area contributed by atoms with Gasteiger partial charge in [-0.15, -0.1) is 0 Å². The van der Waals surface area contributed by atoms with E-state index in [4.69, 9.17) is 15.7 Å². The van der Waals surface area contributed by atoms with Gasteiger partial charge in [-0.1, -0.05) is 0 Å². The lowest BCUT2D eigenvalue weighted by Crippen LogP contribution is -2.31. The molecule has 0 aliphatic carbocycles. The number of hydrogen-bond acceptors (Lipinski definition) is 10. The summed E-state index contributed by atoms with van der Waals surface area (Å²) in [6.07, 6.45) is 0.00630. The minimum Gasteiger partial charge on any atom is -0.388 e. The van der Waals surface area contributed by atoms with E-state index in [2.05, 4.69) is 20.4 Å². The second-order valence-corrected chi connectivity index (χ2v) is 6.66. The van der Waals surface area contributed by atoms with Crippen LogP contribution in [0.3, 0.4) is 0 Å².